The molecule has 126 valence electrons. The summed E-state index contributed by atoms with van der Waals surface area (Å²) < 4.78 is 38.5. The summed E-state index contributed by atoms with van der Waals surface area (Å²) in [4.78, 5) is 1.90. The van der Waals surface area contributed by atoms with Crippen molar-refractivity contribution in [3.05, 3.63) is 35.4 Å². The molecule has 0 saturated carbocycles. The van der Waals surface area contributed by atoms with Crippen LogP contribution in [-0.2, 0) is 6.42 Å². The van der Waals surface area contributed by atoms with Gasteiger partial charge in [-0.05, 0) is 37.0 Å². The SMILES string of the molecule is N#Cc1ccc(C[C@H](CN)N2CCC(O)(C(F)(F)F)CC2)cc1. The van der Waals surface area contributed by atoms with E-state index in [0.717, 1.165) is 5.56 Å². The number of hydrogen-bond donors (Lipinski definition) is 2. The van der Waals surface area contributed by atoms with Crippen LogP contribution in [0.4, 0.5) is 13.2 Å². The number of nitrogens with zero attached hydrogens (tertiary/aromatic N) is 2. The summed E-state index contributed by atoms with van der Waals surface area (Å²) in [5.41, 5.74) is 4.74. The van der Waals surface area contributed by atoms with Crippen molar-refractivity contribution in [2.24, 2.45) is 5.73 Å². The lowest BCUT2D eigenvalue weighted by molar-refractivity contribution is -0.273. The van der Waals surface area contributed by atoms with Gasteiger partial charge in [0, 0.05) is 25.7 Å². The van der Waals surface area contributed by atoms with Crippen LogP contribution in [0.15, 0.2) is 24.3 Å². The van der Waals surface area contributed by atoms with Gasteiger partial charge in [-0.2, -0.15) is 18.4 Å². The standard InChI is InChI=1S/C16H20F3N3O/c17-16(18,19)15(23)5-7-22(8-6-15)14(11-21)9-12-1-3-13(10-20)4-2-12/h1-4,14,23H,5-9,11,21H2/t14-/m1/s1. The average Bonchev–Trinajstić information content (AvgIpc) is 2.53. The number of hydrogen-bond acceptors (Lipinski definition) is 4. The molecule has 0 bridgehead atoms. The fourth-order valence-electron chi connectivity index (χ4n) is 2.89. The lowest BCUT2D eigenvalue weighted by atomic mass is 9.89. The van der Waals surface area contributed by atoms with Crippen molar-refractivity contribution in [3.63, 3.8) is 0 Å². The van der Waals surface area contributed by atoms with Crippen LogP contribution >= 0.6 is 0 Å². The lowest BCUT2D eigenvalue weighted by Gasteiger charge is -2.42. The van der Waals surface area contributed by atoms with Crippen LogP contribution in [0.2, 0.25) is 0 Å². The minimum Gasteiger partial charge on any atom is -0.380 e. The number of benzene rings is 1. The second-order valence-corrected chi connectivity index (χ2v) is 5.97. The Kier molecular flexibility index (Phi) is 5.30. The summed E-state index contributed by atoms with van der Waals surface area (Å²) in [6.07, 6.45) is -4.65. The molecule has 1 aliphatic rings. The Labute approximate surface area is 133 Å². The Morgan fingerprint density at radius 1 is 1.26 bits per heavy atom. The van der Waals surface area contributed by atoms with Crippen LogP contribution in [0.1, 0.15) is 24.0 Å². The Balaban J connectivity index is 1.98. The Hall–Kier alpha value is -1.62. The minimum atomic E-state index is -4.59. The Morgan fingerprint density at radius 3 is 2.26 bits per heavy atom. The van der Waals surface area contributed by atoms with Crippen LogP contribution in [-0.4, -0.2) is 47.5 Å². The van der Waals surface area contributed by atoms with Crippen molar-refractivity contribution in [3.8, 4) is 6.07 Å². The van der Waals surface area contributed by atoms with Crippen LogP contribution < -0.4 is 5.73 Å². The third-order valence-corrected chi connectivity index (χ3v) is 4.50. The molecule has 1 aromatic carbocycles. The molecule has 1 fully saturated rings. The van der Waals surface area contributed by atoms with Crippen LogP contribution in [0, 0.1) is 11.3 Å². The van der Waals surface area contributed by atoms with Gasteiger partial charge in [-0.25, -0.2) is 0 Å². The average molecular weight is 327 g/mol. The molecule has 1 aliphatic heterocycles. The lowest BCUT2D eigenvalue weighted by Crippen LogP contribution is -2.56. The molecule has 0 radical (unpaired) electrons. The van der Waals surface area contributed by atoms with Crippen LogP contribution in [0.25, 0.3) is 0 Å². The minimum absolute atomic E-state index is 0.0827. The van der Waals surface area contributed by atoms with Gasteiger partial charge in [-0.3, -0.25) is 4.90 Å². The first-order chi connectivity index (χ1) is 10.8. The summed E-state index contributed by atoms with van der Waals surface area (Å²) in [7, 11) is 0. The molecule has 0 aromatic heterocycles. The Bertz CT molecular complexity index is 557. The first-order valence-electron chi connectivity index (χ1n) is 7.51. The topological polar surface area (TPSA) is 73.3 Å². The zero-order chi connectivity index (χ0) is 17.1. The van der Waals surface area contributed by atoms with Crippen molar-refractivity contribution in [1.29, 1.82) is 5.26 Å². The summed E-state index contributed by atoms with van der Waals surface area (Å²) in [5, 5.41) is 18.5. The zero-order valence-corrected chi connectivity index (χ0v) is 12.7. The molecular weight excluding hydrogens is 307 g/mol. The molecule has 1 saturated heterocycles. The maximum Gasteiger partial charge on any atom is 0.417 e. The largest absolute Gasteiger partial charge is 0.417 e. The molecule has 0 aliphatic carbocycles. The van der Waals surface area contributed by atoms with E-state index in [0.29, 0.717) is 18.5 Å². The summed E-state index contributed by atoms with van der Waals surface area (Å²) in [5.74, 6) is 0. The van der Waals surface area contributed by atoms with Gasteiger partial charge in [0.1, 0.15) is 0 Å². The molecule has 4 nitrogen and oxygen atoms in total. The van der Waals surface area contributed by atoms with Gasteiger partial charge in [0.25, 0.3) is 0 Å². The third kappa shape index (κ3) is 4.02. The predicted octanol–water partition coefficient (Wildman–Crippen LogP) is 1.82. The zero-order valence-electron chi connectivity index (χ0n) is 12.7. The van der Waals surface area contributed by atoms with Crippen molar-refractivity contribution in [2.45, 2.75) is 37.1 Å². The smallest absolute Gasteiger partial charge is 0.380 e. The third-order valence-electron chi connectivity index (χ3n) is 4.50. The number of halogens is 3. The van der Waals surface area contributed by atoms with Crippen molar-refractivity contribution in [1.82, 2.24) is 4.90 Å². The predicted molar refractivity (Wildman–Crippen MR) is 79.5 cm³/mol. The van der Waals surface area contributed by atoms with E-state index in [2.05, 4.69) is 0 Å². The molecule has 3 N–H and O–H groups in total. The molecule has 7 heteroatoms. The van der Waals surface area contributed by atoms with Crippen molar-refractivity contribution in [2.75, 3.05) is 19.6 Å². The van der Waals surface area contributed by atoms with Gasteiger partial charge in [0.15, 0.2) is 5.60 Å². The van der Waals surface area contributed by atoms with E-state index < -0.39 is 11.8 Å². The number of nitriles is 1. The summed E-state index contributed by atoms with van der Waals surface area (Å²) in [6.45, 7) is 0.646. The second kappa shape index (κ2) is 6.87. The van der Waals surface area contributed by atoms with Gasteiger partial charge < -0.3 is 10.8 Å². The number of likely N-dealkylation sites (tertiary alicyclic amines) is 1. The van der Waals surface area contributed by atoms with Crippen molar-refractivity contribution >= 4 is 0 Å². The first-order valence-corrected chi connectivity index (χ1v) is 7.51. The highest BCUT2D eigenvalue weighted by atomic mass is 19.4. The fraction of sp³-hybridized carbons (Fsp3) is 0.562. The molecule has 2 rings (SSSR count). The number of rotatable bonds is 4. The first kappa shape index (κ1) is 17.7. The number of nitrogens with two attached hydrogens (primary N) is 1. The van der Waals surface area contributed by atoms with E-state index in [9.17, 15) is 18.3 Å². The van der Waals surface area contributed by atoms with E-state index in [1.165, 1.54) is 0 Å². The van der Waals surface area contributed by atoms with Gasteiger partial charge in [-0.15, -0.1) is 0 Å². The normalized spacial score (nSPS) is 20.0. The molecule has 0 amide bonds. The highest BCUT2D eigenvalue weighted by Gasteiger charge is 2.54. The van der Waals surface area contributed by atoms with E-state index >= 15 is 0 Å². The summed E-state index contributed by atoms with van der Waals surface area (Å²) in [6, 6.07) is 9.04. The maximum atomic E-state index is 12.8. The summed E-state index contributed by atoms with van der Waals surface area (Å²) >= 11 is 0. The van der Waals surface area contributed by atoms with Crippen molar-refractivity contribution < 1.29 is 18.3 Å². The quantitative estimate of drug-likeness (QED) is 0.885. The molecular formula is C16H20F3N3O. The monoisotopic (exact) mass is 327 g/mol. The highest BCUT2D eigenvalue weighted by Crippen LogP contribution is 2.38. The number of piperidine rings is 1. The van der Waals surface area contributed by atoms with E-state index in [-0.39, 0.29) is 32.0 Å². The van der Waals surface area contributed by atoms with Gasteiger partial charge >= 0.3 is 6.18 Å². The highest BCUT2D eigenvalue weighted by molar-refractivity contribution is 5.31. The maximum absolute atomic E-state index is 12.8. The van der Waals surface area contributed by atoms with Gasteiger partial charge in [0.05, 0.1) is 11.6 Å². The van der Waals surface area contributed by atoms with E-state index in [1.54, 1.807) is 12.1 Å². The van der Waals surface area contributed by atoms with E-state index in [1.807, 2.05) is 23.1 Å². The number of aliphatic hydroxyl groups is 1. The molecule has 0 spiro atoms. The van der Waals surface area contributed by atoms with Crippen LogP contribution in [0.3, 0.4) is 0 Å². The molecule has 0 unspecified atom stereocenters. The molecule has 1 atom stereocenters. The van der Waals surface area contributed by atoms with Gasteiger partial charge in [0.2, 0.25) is 0 Å². The number of alkyl halides is 3. The molecule has 23 heavy (non-hydrogen) atoms. The molecule has 1 aromatic rings. The second-order valence-electron chi connectivity index (χ2n) is 5.97. The molecule has 1 heterocycles. The van der Waals surface area contributed by atoms with Gasteiger partial charge in [-0.1, -0.05) is 12.1 Å². The van der Waals surface area contributed by atoms with Crippen LogP contribution in [0.5, 0.6) is 0 Å². The van der Waals surface area contributed by atoms with E-state index in [4.69, 9.17) is 11.0 Å². The fourth-order valence-corrected chi connectivity index (χ4v) is 2.89. The Morgan fingerprint density at radius 2 is 1.83 bits per heavy atom.